The molecule has 1 aromatic heterocycles. The van der Waals surface area contributed by atoms with Gasteiger partial charge in [-0.15, -0.1) is 11.3 Å². The van der Waals surface area contributed by atoms with E-state index in [0.717, 1.165) is 0 Å². The number of hydrogen-bond acceptors (Lipinski definition) is 1. The average molecular weight is 240 g/mol. The zero-order valence-electron chi connectivity index (χ0n) is 10.4. The summed E-state index contributed by atoms with van der Waals surface area (Å²) in [6.07, 6.45) is 0. The van der Waals surface area contributed by atoms with Crippen molar-refractivity contribution < 1.29 is 0 Å². The number of aryl methyl sites for hydroxylation is 1. The van der Waals surface area contributed by atoms with Crippen molar-refractivity contribution in [3.63, 3.8) is 0 Å². The van der Waals surface area contributed by atoms with Crippen molar-refractivity contribution in [3.8, 4) is 0 Å². The molecule has 0 bridgehead atoms. The molecule has 3 aromatic rings. The molecule has 17 heavy (non-hydrogen) atoms. The summed E-state index contributed by atoms with van der Waals surface area (Å²) in [4.78, 5) is 0. The molecule has 2 aromatic carbocycles. The lowest BCUT2D eigenvalue weighted by molar-refractivity contribution is 0.877. The van der Waals surface area contributed by atoms with E-state index in [4.69, 9.17) is 0 Å². The van der Waals surface area contributed by atoms with Gasteiger partial charge in [0.25, 0.3) is 0 Å². The summed E-state index contributed by atoms with van der Waals surface area (Å²) in [6, 6.07) is 13.3. The first-order valence-electron chi connectivity index (χ1n) is 6.09. The molecule has 0 aliphatic heterocycles. The molecule has 0 saturated heterocycles. The SMILES string of the molecule is Cc1cccc2sc3cccc(C(C)C)c3c12. The molecule has 0 saturated carbocycles. The van der Waals surface area contributed by atoms with Crippen LogP contribution in [0.2, 0.25) is 0 Å². The van der Waals surface area contributed by atoms with Crippen LogP contribution in [0, 0.1) is 6.92 Å². The molecule has 0 N–H and O–H groups in total. The van der Waals surface area contributed by atoms with Gasteiger partial charge in [-0.3, -0.25) is 0 Å². The maximum atomic E-state index is 2.27. The molecule has 0 nitrogen and oxygen atoms in total. The van der Waals surface area contributed by atoms with Crippen molar-refractivity contribution >= 4 is 31.5 Å². The molecule has 0 amide bonds. The fraction of sp³-hybridized carbons (Fsp3) is 0.250. The molecule has 0 radical (unpaired) electrons. The third-order valence-electron chi connectivity index (χ3n) is 3.38. The minimum absolute atomic E-state index is 0.580. The zero-order chi connectivity index (χ0) is 12.0. The summed E-state index contributed by atoms with van der Waals surface area (Å²) in [5.41, 5.74) is 2.87. The van der Waals surface area contributed by atoms with Gasteiger partial charge in [0.1, 0.15) is 0 Å². The molecule has 3 rings (SSSR count). The summed E-state index contributed by atoms with van der Waals surface area (Å²) in [6.45, 7) is 6.76. The summed E-state index contributed by atoms with van der Waals surface area (Å²) < 4.78 is 2.83. The van der Waals surface area contributed by atoms with Gasteiger partial charge >= 0.3 is 0 Å². The quantitative estimate of drug-likeness (QED) is 0.528. The Bertz CT molecular complexity index is 689. The van der Waals surface area contributed by atoms with Crippen LogP contribution in [-0.2, 0) is 0 Å². The highest BCUT2D eigenvalue weighted by molar-refractivity contribution is 7.25. The fourth-order valence-electron chi connectivity index (χ4n) is 2.55. The van der Waals surface area contributed by atoms with E-state index in [-0.39, 0.29) is 0 Å². The number of fused-ring (bicyclic) bond motifs is 3. The van der Waals surface area contributed by atoms with E-state index in [9.17, 15) is 0 Å². The minimum atomic E-state index is 0.580. The number of rotatable bonds is 1. The molecule has 0 unspecified atom stereocenters. The molecular weight excluding hydrogens is 224 g/mol. The molecule has 1 heteroatoms. The Morgan fingerprint density at radius 2 is 1.53 bits per heavy atom. The Balaban J connectivity index is 2.57. The van der Waals surface area contributed by atoms with E-state index in [0.29, 0.717) is 5.92 Å². The van der Waals surface area contributed by atoms with E-state index in [1.54, 1.807) is 0 Å². The van der Waals surface area contributed by atoms with Gasteiger partial charge in [0.2, 0.25) is 0 Å². The van der Waals surface area contributed by atoms with Crippen molar-refractivity contribution in [1.29, 1.82) is 0 Å². The van der Waals surface area contributed by atoms with Gasteiger partial charge in [-0.1, -0.05) is 38.1 Å². The van der Waals surface area contributed by atoms with Crippen molar-refractivity contribution in [2.45, 2.75) is 26.7 Å². The van der Waals surface area contributed by atoms with Gasteiger partial charge in [-0.25, -0.2) is 0 Å². The Hall–Kier alpha value is -1.34. The van der Waals surface area contributed by atoms with Crippen LogP contribution in [0.25, 0.3) is 20.2 Å². The Kier molecular flexibility index (Phi) is 2.44. The molecule has 86 valence electrons. The topological polar surface area (TPSA) is 0 Å². The van der Waals surface area contributed by atoms with Gasteiger partial charge in [-0.2, -0.15) is 0 Å². The van der Waals surface area contributed by atoms with E-state index >= 15 is 0 Å². The maximum Gasteiger partial charge on any atom is 0.0358 e. The summed E-state index contributed by atoms with van der Waals surface area (Å²) in [7, 11) is 0. The van der Waals surface area contributed by atoms with Gasteiger partial charge in [0.15, 0.2) is 0 Å². The summed E-state index contributed by atoms with van der Waals surface area (Å²) in [5.74, 6) is 0.580. The lowest BCUT2D eigenvalue weighted by Crippen LogP contribution is -1.88. The standard InChI is InChI=1S/C16H16S/c1-10(2)12-7-5-9-14-16(12)15-11(3)6-4-8-13(15)17-14/h4-10H,1-3H3. The molecule has 0 aliphatic carbocycles. The maximum absolute atomic E-state index is 2.27. The molecule has 0 aliphatic rings. The lowest BCUT2D eigenvalue weighted by atomic mass is 9.96. The number of thiophene rings is 1. The predicted molar refractivity (Wildman–Crippen MR) is 78.2 cm³/mol. The van der Waals surface area contributed by atoms with Crippen molar-refractivity contribution in [2.24, 2.45) is 0 Å². The van der Waals surface area contributed by atoms with Crippen LogP contribution in [-0.4, -0.2) is 0 Å². The minimum Gasteiger partial charge on any atom is -0.135 e. The van der Waals surface area contributed by atoms with Gasteiger partial charge in [-0.05, 0) is 36.1 Å². The van der Waals surface area contributed by atoms with E-state index < -0.39 is 0 Å². The van der Waals surface area contributed by atoms with Crippen molar-refractivity contribution in [3.05, 3.63) is 47.5 Å². The van der Waals surface area contributed by atoms with Gasteiger partial charge in [0, 0.05) is 20.2 Å². The predicted octanol–water partition coefficient (Wildman–Crippen LogP) is 5.49. The Morgan fingerprint density at radius 1 is 0.882 bits per heavy atom. The fourth-order valence-corrected chi connectivity index (χ4v) is 3.76. The van der Waals surface area contributed by atoms with Crippen LogP contribution in [0.5, 0.6) is 0 Å². The first-order valence-corrected chi connectivity index (χ1v) is 6.91. The second-order valence-corrected chi connectivity index (χ2v) is 6.01. The molecule has 0 spiro atoms. The monoisotopic (exact) mass is 240 g/mol. The van der Waals surface area contributed by atoms with E-state index in [1.807, 2.05) is 11.3 Å². The number of benzene rings is 2. The highest BCUT2D eigenvalue weighted by Gasteiger charge is 2.12. The molecule has 0 fully saturated rings. The highest BCUT2D eigenvalue weighted by atomic mass is 32.1. The van der Waals surface area contributed by atoms with Crippen LogP contribution in [0.3, 0.4) is 0 Å². The smallest absolute Gasteiger partial charge is 0.0358 e. The van der Waals surface area contributed by atoms with Crippen LogP contribution in [0.4, 0.5) is 0 Å². The van der Waals surface area contributed by atoms with E-state index in [1.165, 1.54) is 31.3 Å². The van der Waals surface area contributed by atoms with Gasteiger partial charge in [0.05, 0.1) is 0 Å². The number of hydrogen-bond donors (Lipinski definition) is 0. The van der Waals surface area contributed by atoms with Gasteiger partial charge < -0.3 is 0 Å². The third kappa shape index (κ3) is 1.57. The Morgan fingerprint density at radius 3 is 2.24 bits per heavy atom. The molecular formula is C16H16S. The lowest BCUT2D eigenvalue weighted by Gasteiger charge is -2.08. The zero-order valence-corrected chi connectivity index (χ0v) is 11.3. The van der Waals surface area contributed by atoms with Crippen molar-refractivity contribution in [2.75, 3.05) is 0 Å². The summed E-state index contributed by atoms with van der Waals surface area (Å²) in [5, 5.41) is 2.93. The van der Waals surface area contributed by atoms with Crippen LogP contribution < -0.4 is 0 Å². The highest BCUT2D eigenvalue weighted by Crippen LogP contribution is 2.39. The normalized spacial score (nSPS) is 11.8. The second kappa shape index (κ2) is 3.85. The first-order chi connectivity index (χ1) is 8.18. The van der Waals surface area contributed by atoms with E-state index in [2.05, 4.69) is 57.2 Å². The van der Waals surface area contributed by atoms with Crippen LogP contribution >= 0.6 is 11.3 Å². The first kappa shape index (κ1) is 10.8. The summed E-state index contributed by atoms with van der Waals surface area (Å²) >= 11 is 1.91. The average Bonchev–Trinajstić information content (AvgIpc) is 2.67. The van der Waals surface area contributed by atoms with Crippen LogP contribution in [0.1, 0.15) is 30.9 Å². The molecule has 1 heterocycles. The second-order valence-electron chi connectivity index (χ2n) is 4.93. The van der Waals surface area contributed by atoms with Crippen molar-refractivity contribution in [1.82, 2.24) is 0 Å². The largest absolute Gasteiger partial charge is 0.135 e. The molecule has 0 atom stereocenters. The Labute approximate surface area is 106 Å². The third-order valence-corrected chi connectivity index (χ3v) is 4.51. The van der Waals surface area contributed by atoms with Crippen LogP contribution in [0.15, 0.2) is 36.4 Å².